The van der Waals surface area contributed by atoms with Crippen molar-refractivity contribution in [2.75, 3.05) is 7.11 Å². The van der Waals surface area contributed by atoms with E-state index in [1.54, 1.807) is 24.3 Å². The molecule has 0 atom stereocenters. The Labute approximate surface area is 138 Å². The third kappa shape index (κ3) is 2.80. The van der Waals surface area contributed by atoms with Crippen molar-refractivity contribution >= 4 is 22.5 Å². The predicted octanol–water partition coefficient (Wildman–Crippen LogP) is 3.80. The van der Waals surface area contributed by atoms with E-state index in [-0.39, 0.29) is 16.9 Å². The molecule has 1 aromatic carbocycles. The second-order valence-electron chi connectivity index (χ2n) is 4.82. The molecule has 0 unspecified atom stereocenters. The Kier molecular flexibility index (Phi) is 3.92. The summed E-state index contributed by atoms with van der Waals surface area (Å²) < 4.78 is 45.5. The van der Waals surface area contributed by atoms with Crippen molar-refractivity contribution < 1.29 is 22.7 Å². The van der Waals surface area contributed by atoms with Gasteiger partial charge in [0.15, 0.2) is 11.3 Å². The second kappa shape index (κ2) is 5.79. The summed E-state index contributed by atoms with van der Waals surface area (Å²) in [6, 6.07) is 7.19. The van der Waals surface area contributed by atoms with Crippen molar-refractivity contribution in [3.05, 3.63) is 47.8 Å². The van der Waals surface area contributed by atoms with E-state index in [2.05, 4.69) is 10.1 Å². The number of rotatable bonds is 3. The fraction of sp³-hybridized carbons (Fsp3) is 0.133. The summed E-state index contributed by atoms with van der Waals surface area (Å²) in [6.45, 7) is 0. The summed E-state index contributed by atoms with van der Waals surface area (Å²) in [5.74, 6) is 0.553. The number of fused-ring (bicyclic) bond motifs is 1. The molecule has 0 bridgehead atoms. The van der Waals surface area contributed by atoms with Crippen LogP contribution in [0.4, 0.5) is 13.2 Å². The third-order valence-corrected chi connectivity index (χ3v) is 3.56. The molecule has 0 radical (unpaired) electrons. The fourth-order valence-corrected chi connectivity index (χ4v) is 2.35. The lowest BCUT2D eigenvalue weighted by Gasteiger charge is -2.11. The van der Waals surface area contributed by atoms with Gasteiger partial charge < -0.3 is 4.74 Å². The lowest BCUT2D eigenvalue weighted by atomic mass is 10.1. The highest BCUT2D eigenvalue weighted by molar-refractivity contribution is 6.68. The lowest BCUT2D eigenvalue weighted by Crippen LogP contribution is -2.14. The van der Waals surface area contributed by atoms with Gasteiger partial charge in [-0.1, -0.05) is 0 Å². The predicted molar refractivity (Wildman–Crippen MR) is 80.2 cm³/mol. The van der Waals surface area contributed by atoms with Crippen LogP contribution in [0.5, 0.6) is 5.75 Å². The van der Waals surface area contributed by atoms with Crippen LogP contribution in [0.15, 0.2) is 36.5 Å². The summed E-state index contributed by atoms with van der Waals surface area (Å²) in [6.07, 6.45) is -3.72. The Bertz CT molecular complexity index is 920. The van der Waals surface area contributed by atoms with Gasteiger partial charge in [0.25, 0.3) is 5.24 Å². The SMILES string of the molecule is COc1ccc(-c2cc(C(F)(F)F)n3ncc(C(=O)Cl)c3n2)cc1. The average Bonchev–Trinajstić information content (AvgIpc) is 2.97. The van der Waals surface area contributed by atoms with Crippen LogP contribution in [0.1, 0.15) is 16.1 Å². The minimum Gasteiger partial charge on any atom is -0.497 e. The molecule has 2 heterocycles. The third-order valence-electron chi connectivity index (χ3n) is 3.36. The van der Waals surface area contributed by atoms with E-state index in [1.807, 2.05) is 0 Å². The van der Waals surface area contributed by atoms with Crippen molar-refractivity contribution in [3.8, 4) is 17.0 Å². The molecule has 0 saturated carbocycles. The molecule has 0 aliphatic carbocycles. The molecule has 9 heteroatoms. The largest absolute Gasteiger partial charge is 0.497 e. The minimum atomic E-state index is -4.68. The number of carbonyl (C=O) groups excluding carboxylic acids is 1. The van der Waals surface area contributed by atoms with E-state index in [0.29, 0.717) is 15.8 Å². The van der Waals surface area contributed by atoms with Crippen LogP contribution in [0.25, 0.3) is 16.9 Å². The molecule has 0 fully saturated rings. The van der Waals surface area contributed by atoms with Gasteiger partial charge >= 0.3 is 6.18 Å². The summed E-state index contributed by atoms with van der Waals surface area (Å²) in [4.78, 5) is 15.5. The molecule has 5 nitrogen and oxygen atoms in total. The molecular weight excluding hydrogens is 347 g/mol. The Hall–Kier alpha value is -2.61. The minimum absolute atomic E-state index is 0.0390. The average molecular weight is 356 g/mol. The van der Waals surface area contributed by atoms with Gasteiger partial charge in [-0.2, -0.15) is 18.3 Å². The fourth-order valence-electron chi connectivity index (χ4n) is 2.21. The van der Waals surface area contributed by atoms with E-state index in [9.17, 15) is 18.0 Å². The Morgan fingerprint density at radius 3 is 2.46 bits per heavy atom. The van der Waals surface area contributed by atoms with Gasteiger partial charge in [-0.3, -0.25) is 4.79 Å². The van der Waals surface area contributed by atoms with Crippen molar-refractivity contribution in [2.24, 2.45) is 0 Å². The first-order valence-electron chi connectivity index (χ1n) is 6.61. The van der Waals surface area contributed by atoms with E-state index in [1.165, 1.54) is 7.11 Å². The van der Waals surface area contributed by atoms with Crippen LogP contribution in [-0.2, 0) is 6.18 Å². The van der Waals surface area contributed by atoms with Gasteiger partial charge in [0.2, 0.25) is 0 Å². The molecule has 3 rings (SSSR count). The Balaban J connectivity index is 2.27. The number of aromatic nitrogens is 3. The second-order valence-corrected chi connectivity index (χ2v) is 5.16. The molecule has 0 aliphatic rings. The van der Waals surface area contributed by atoms with Gasteiger partial charge in [0.1, 0.15) is 5.75 Å². The van der Waals surface area contributed by atoms with Gasteiger partial charge in [-0.05, 0) is 41.9 Å². The van der Waals surface area contributed by atoms with Gasteiger partial charge in [-0.25, -0.2) is 9.50 Å². The number of benzene rings is 1. The van der Waals surface area contributed by atoms with Gasteiger partial charge in [0.05, 0.1) is 24.6 Å². The number of carbonyl (C=O) groups is 1. The van der Waals surface area contributed by atoms with Crippen LogP contribution >= 0.6 is 11.6 Å². The Morgan fingerprint density at radius 1 is 1.25 bits per heavy atom. The molecule has 0 saturated heterocycles. The van der Waals surface area contributed by atoms with Crippen molar-refractivity contribution in [2.45, 2.75) is 6.18 Å². The van der Waals surface area contributed by atoms with E-state index in [0.717, 1.165) is 12.3 Å². The zero-order chi connectivity index (χ0) is 17.5. The van der Waals surface area contributed by atoms with Crippen molar-refractivity contribution in [3.63, 3.8) is 0 Å². The number of hydrogen-bond donors (Lipinski definition) is 0. The monoisotopic (exact) mass is 355 g/mol. The molecular formula is C15H9ClF3N3O2. The zero-order valence-electron chi connectivity index (χ0n) is 12.1. The van der Waals surface area contributed by atoms with Gasteiger partial charge in [-0.15, -0.1) is 0 Å². The first-order valence-corrected chi connectivity index (χ1v) is 6.99. The quantitative estimate of drug-likeness (QED) is 0.670. The number of alkyl halides is 3. The van der Waals surface area contributed by atoms with E-state index >= 15 is 0 Å². The number of nitrogens with zero attached hydrogens (tertiary/aromatic N) is 3. The maximum Gasteiger partial charge on any atom is 0.433 e. The Morgan fingerprint density at radius 2 is 1.92 bits per heavy atom. The molecule has 0 N–H and O–H groups in total. The first-order chi connectivity index (χ1) is 11.3. The molecule has 2 aromatic heterocycles. The van der Waals surface area contributed by atoms with Crippen molar-refractivity contribution in [1.82, 2.24) is 14.6 Å². The topological polar surface area (TPSA) is 56.5 Å². The first kappa shape index (κ1) is 16.3. The van der Waals surface area contributed by atoms with Crippen molar-refractivity contribution in [1.29, 1.82) is 0 Å². The van der Waals surface area contributed by atoms with Crippen LogP contribution < -0.4 is 4.74 Å². The summed E-state index contributed by atoms with van der Waals surface area (Å²) in [5.41, 5.74) is -1.04. The van der Waals surface area contributed by atoms with Crippen LogP contribution in [0, 0.1) is 0 Å². The normalized spacial score (nSPS) is 11.7. The number of methoxy groups -OCH3 is 1. The van der Waals surface area contributed by atoms with E-state index in [4.69, 9.17) is 16.3 Å². The number of hydrogen-bond acceptors (Lipinski definition) is 4. The highest BCUT2D eigenvalue weighted by atomic mass is 35.5. The van der Waals surface area contributed by atoms with Gasteiger partial charge in [0, 0.05) is 5.56 Å². The smallest absolute Gasteiger partial charge is 0.433 e. The summed E-state index contributed by atoms with van der Waals surface area (Å²) >= 11 is 5.40. The summed E-state index contributed by atoms with van der Waals surface area (Å²) in [5, 5.41) is 2.64. The van der Waals surface area contributed by atoms with Crippen LogP contribution in [-0.4, -0.2) is 27.0 Å². The molecule has 24 heavy (non-hydrogen) atoms. The molecule has 0 amide bonds. The maximum absolute atomic E-state index is 13.3. The van der Waals surface area contributed by atoms with Crippen LogP contribution in [0.3, 0.4) is 0 Å². The van der Waals surface area contributed by atoms with Crippen LogP contribution in [0.2, 0.25) is 0 Å². The summed E-state index contributed by atoms with van der Waals surface area (Å²) in [7, 11) is 1.48. The highest BCUT2D eigenvalue weighted by Gasteiger charge is 2.36. The lowest BCUT2D eigenvalue weighted by molar-refractivity contribution is -0.142. The molecule has 0 spiro atoms. The highest BCUT2D eigenvalue weighted by Crippen LogP contribution is 2.33. The molecule has 0 aliphatic heterocycles. The molecule has 3 aromatic rings. The maximum atomic E-state index is 13.3. The zero-order valence-corrected chi connectivity index (χ0v) is 12.9. The standard InChI is InChI=1S/C15H9ClF3N3O2/c1-24-9-4-2-8(3-5-9)11-6-12(15(17,18)19)22-14(21-11)10(7-20-22)13(16)23/h2-7H,1H3. The number of halogens is 4. The molecule has 124 valence electrons. The number of ether oxygens (including phenoxy) is 1. The van der Waals surface area contributed by atoms with E-state index < -0.39 is 17.1 Å².